The maximum absolute atomic E-state index is 11.4. The smallest absolute Gasteiger partial charge is 0.303 e. The zero-order valence-electron chi connectivity index (χ0n) is 14.3. The molecular weight excluding hydrogens is 287 g/mol. The maximum atomic E-state index is 11.4. The first-order valence-electron chi connectivity index (χ1n) is 8.58. The van der Waals surface area contributed by atoms with E-state index in [-0.39, 0.29) is 0 Å². The van der Waals surface area contributed by atoms with Crippen molar-refractivity contribution >= 4 is 7.82 Å². The Morgan fingerprint density at radius 2 is 1.67 bits per heavy atom. The second-order valence-electron chi connectivity index (χ2n) is 6.20. The summed E-state index contributed by atoms with van der Waals surface area (Å²) in [5, 5.41) is 0. The molecule has 0 saturated heterocycles. The van der Waals surface area contributed by atoms with Crippen LogP contribution in [0.3, 0.4) is 0 Å². The Hall–Kier alpha value is 0.110. The molecule has 0 aliphatic carbocycles. The first kappa shape index (κ1) is 21.1. The highest BCUT2D eigenvalue weighted by molar-refractivity contribution is 7.46. The fourth-order valence-corrected chi connectivity index (χ4v) is 3.79. The summed E-state index contributed by atoms with van der Waals surface area (Å²) in [6.07, 6.45) is 9.79. The summed E-state index contributed by atoms with van der Waals surface area (Å²) in [4.78, 5) is 18.6. The second-order valence-corrected chi connectivity index (χ2v) is 7.36. The minimum absolute atomic E-state index is 0.484. The van der Waals surface area contributed by atoms with Crippen LogP contribution in [0.4, 0.5) is 0 Å². The van der Waals surface area contributed by atoms with Crippen LogP contribution in [-0.4, -0.2) is 15.4 Å². The Morgan fingerprint density at radius 1 is 1.05 bits per heavy atom. The van der Waals surface area contributed by atoms with Gasteiger partial charge >= 0.3 is 7.82 Å². The van der Waals surface area contributed by atoms with E-state index in [4.69, 9.17) is 4.52 Å². The van der Waals surface area contributed by atoms with E-state index in [0.717, 1.165) is 51.4 Å². The highest BCUT2D eigenvalue weighted by Gasteiger charge is 2.37. The third-order valence-corrected chi connectivity index (χ3v) is 5.02. The van der Waals surface area contributed by atoms with Crippen molar-refractivity contribution in [1.82, 2.24) is 0 Å². The molecule has 2 atom stereocenters. The monoisotopic (exact) mass is 322 g/mol. The SMILES string of the molecule is CCCCCC(CC)(CC(CC)CCCC)OP(=O)(O)O. The quantitative estimate of drug-likeness (QED) is 0.350. The minimum Gasteiger partial charge on any atom is -0.303 e. The van der Waals surface area contributed by atoms with Gasteiger partial charge in [-0.15, -0.1) is 0 Å². The molecule has 0 radical (unpaired) electrons. The number of hydrogen-bond acceptors (Lipinski definition) is 2. The van der Waals surface area contributed by atoms with Crippen molar-refractivity contribution in [2.24, 2.45) is 5.92 Å². The predicted molar refractivity (Wildman–Crippen MR) is 88.2 cm³/mol. The highest BCUT2D eigenvalue weighted by Crippen LogP contribution is 2.47. The van der Waals surface area contributed by atoms with Crippen molar-refractivity contribution < 1.29 is 18.9 Å². The molecule has 0 fully saturated rings. The Bertz CT molecular complexity index is 303. The molecule has 21 heavy (non-hydrogen) atoms. The number of rotatable bonds is 13. The molecule has 0 bridgehead atoms. The van der Waals surface area contributed by atoms with Crippen LogP contribution in [0.15, 0.2) is 0 Å². The molecule has 0 heterocycles. The Balaban J connectivity index is 4.91. The van der Waals surface area contributed by atoms with Crippen molar-refractivity contribution in [1.29, 1.82) is 0 Å². The van der Waals surface area contributed by atoms with Crippen LogP contribution in [0.2, 0.25) is 0 Å². The zero-order valence-corrected chi connectivity index (χ0v) is 15.2. The molecule has 0 aromatic heterocycles. The summed E-state index contributed by atoms with van der Waals surface area (Å²) < 4.78 is 16.7. The summed E-state index contributed by atoms with van der Waals surface area (Å²) in [6, 6.07) is 0. The third-order valence-electron chi connectivity index (χ3n) is 4.40. The fraction of sp³-hybridized carbons (Fsp3) is 1.00. The van der Waals surface area contributed by atoms with Gasteiger partial charge in [0.15, 0.2) is 0 Å². The minimum atomic E-state index is -4.44. The molecular formula is C16H35O4P. The van der Waals surface area contributed by atoms with Crippen molar-refractivity contribution in [3.63, 3.8) is 0 Å². The van der Waals surface area contributed by atoms with Crippen molar-refractivity contribution in [3.05, 3.63) is 0 Å². The molecule has 128 valence electrons. The molecule has 0 aromatic carbocycles. The molecule has 0 aliphatic heterocycles. The summed E-state index contributed by atoms with van der Waals surface area (Å²) in [5.41, 5.74) is -0.664. The molecule has 4 nitrogen and oxygen atoms in total. The average molecular weight is 322 g/mol. The van der Waals surface area contributed by atoms with E-state index in [1.807, 2.05) is 6.92 Å². The van der Waals surface area contributed by atoms with Gasteiger partial charge in [-0.1, -0.05) is 72.6 Å². The lowest BCUT2D eigenvalue weighted by molar-refractivity contribution is -0.00131. The molecule has 0 aromatic rings. The van der Waals surface area contributed by atoms with Crippen LogP contribution in [0.1, 0.15) is 91.9 Å². The molecule has 2 unspecified atom stereocenters. The van der Waals surface area contributed by atoms with E-state index in [0.29, 0.717) is 12.3 Å². The molecule has 0 aliphatic rings. The molecule has 2 N–H and O–H groups in total. The highest BCUT2D eigenvalue weighted by atomic mass is 31.2. The normalized spacial score (nSPS) is 16.7. The number of unbranched alkanes of at least 4 members (excludes halogenated alkanes) is 3. The van der Waals surface area contributed by atoms with Gasteiger partial charge < -0.3 is 9.79 Å². The van der Waals surface area contributed by atoms with Crippen molar-refractivity contribution in [3.8, 4) is 0 Å². The fourth-order valence-electron chi connectivity index (χ4n) is 2.99. The second kappa shape index (κ2) is 10.8. The first-order chi connectivity index (χ1) is 9.82. The van der Waals surface area contributed by atoms with E-state index in [1.54, 1.807) is 0 Å². The topological polar surface area (TPSA) is 66.8 Å². The van der Waals surface area contributed by atoms with Crippen molar-refractivity contribution in [2.45, 2.75) is 97.5 Å². The van der Waals surface area contributed by atoms with Gasteiger partial charge in [0.1, 0.15) is 0 Å². The number of hydrogen-bond donors (Lipinski definition) is 2. The maximum Gasteiger partial charge on any atom is 0.470 e. The Labute approximate surface area is 130 Å². The van der Waals surface area contributed by atoms with Gasteiger partial charge in [0, 0.05) is 0 Å². The predicted octanol–water partition coefficient (Wildman–Crippen LogP) is 5.43. The van der Waals surface area contributed by atoms with E-state index >= 15 is 0 Å². The van der Waals surface area contributed by atoms with Crippen molar-refractivity contribution in [2.75, 3.05) is 0 Å². The lowest BCUT2D eigenvalue weighted by Crippen LogP contribution is -2.33. The molecule has 5 heteroatoms. The summed E-state index contributed by atoms with van der Waals surface area (Å²) in [7, 11) is -4.44. The summed E-state index contributed by atoms with van der Waals surface area (Å²) >= 11 is 0. The van der Waals surface area contributed by atoms with Crippen LogP contribution in [-0.2, 0) is 9.09 Å². The third kappa shape index (κ3) is 9.67. The lowest BCUT2D eigenvalue weighted by Gasteiger charge is -2.36. The van der Waals surface area contributed by atoms with Gasteiger partial charge in [0.25, 0.3) is 0 Å². The largest absolute Gasteiger partial charge is 0.470 e. The average Bonchev–Trinajstić information content (AvgIpc) is 2.41. The molecule has 0 rings (SSSR count). The Kier molecular flexibility index (Phi) is 10.8. The zero-order chi connectivity index (χ0) is 16.4. The molecule has 0 saturated carbocycles. The van der Waals surface area contributed by atoms with Crippen LogP contribution >= 0.6 is 7.82 Å². The van der Waals surface area contributed by atoms with Gasteiger partial charge in [-0.25, -0.2) is 4.57 Å². The van der Waals surface area contributed by atoms with E-state index in [1.165, 1.54) is 6.42 Å². The van der Waals surface area contributed by atoms with Gasteiger partial charge in [0.2, 0.25) is 0 Å². The van der Waals surface area contributed by atoms with Crippen LogP contribution in [0, 0.1) is 5.92 Å². The van der Waals surface area contributed by atoms with Gasteiger partial charge in [-0.2, -0.15) is 0 Å². The van der Waals surface area contributed by atoms with Gasteiger partial charge in [-0.05, 0) is 25.2 Å². The molecule has 0 spiro atoms. The number of phosphoric acid groups is 1. The summed E-state index contributed by atoms with van der Waals surface area (Å²) in [5.74, 6) is 0.484. The van der Waals surface area contributed by atoms with Crippen LogP contribution in [0.5, 0.6) is 0 Å². The molecule has 0 amide bonds. The number of phosphoric ester groups is 1. The van der Waals surface area contributed by atoms with E-state index in [9.17, 15) is 14.4 Å². The van der Waals surface area contributed by atoms with E-state index in [2.05, 4.69) is 20.8 Å². The lowest BCUT2D eigenvalue weighted by atomic mass is 9.81. The summed E-state index contributed by atoms with van der Waals surface area (Å²) in [6.45, 7) is 8.44. The first-order valence-corrected chi connectivity index (χ1v) is 10.1. The van der Waals surface area contributed by atoms with Crippen LogP contribution < -0.4 is 0 Å². The van der Waals surface area contributed by atoms with Gasteiger partial charge in [0.05, 0.1) is 5.60 Å². The van der Waals surface area contributed by atoms with Crippen LogP contribution in [0.25, 0.3) is 0 Å². The van der Waals surface area contributed by atoms with Gasteiger partial charge in [-0.3, -0.25) is 4.52 Å². The van der Waals surface area contributed by atoms with E-state index < -0.39 is 13.4 Å². The standard InChI is InChI=1S/C16H35O4P/c1-5-9-11-13-16(8-4,20-21(17,18)19)14-15(7-3)12-10-6-2/h15H,5-14H2,1-4H3,(H2,17,18,19). The Morgan fingerprint density at radius 3 is 2.10 bits per heavy atom.